The second-order valence-electron chi connectivity index (χ2n) is 5.76. The first kappa shape index (κ1) is 14.3. The molecule has 0 bridgehead atoms. The highest BCUT2D eigenvalue weighted by molar-refractivity contribution is 5.29. The summed E-state index contributed by atoms with van der Waals surface area (Å²) in [4.78, 5) is 11.3. The fourth-order valence-electron chi connectivity index (χ4n) is 2.26. The molecule has 0 atom stereocenters. The number of hydrogen-bond acceptors (Lipinski definition) is 4. The molecule has 106 valence electrons. The smallest absolute Gasteiger partial charge is 0.225 e. The van der Waals surface area contributed by atoms with Gasteiger partial charge in [0.1, 0.15) is 0 Å². The van der Waals surface area contributed by atoms with Crippen molar-refractivity contribution in [3.63, 3.8) is 0 Å². The van der Waals surface area contributed by atoms with E-state index in [2.05, 4.69) is 41.0 Å². The second kappa shape index (κ2) is 6.85. The lowest BCUT2D eigenvalue weighted by molar-refractivity contribution is 0.317. The van der Waals surface area contributed by atoms with Gasteiger partial charge in [0, 0.05) is 43.6 Å². The summed E-state index contributed by atoms with van der Waals surface area (Å²) in [6, 6.07) is 0.491. The van der Waals surface area contributed by atoms with Crippen LogP contribution >= 0.6 is 0 Å². The molecule has 1 heterocycles. The van der Waals surface area contributed by atoms with Gasteiger partial charge < -0.3 is 10.2 Å². The maximum Gasteiger partial charge on any atom is 0.225 e. The van der Waals surface area contributed by atoms with Crippen molar-refractivity contribution in [2.45, 2.75) is 52.6 Å². The van der Waals surface area contributed by atoms with Crippen LogP contribution in [-0.4, -0.2) is 29.1 Å². The molecule has 19 heavy (non-hydrogen) atoms. The average molecular weight is 262 g/mol. The Hall–Kier alpha value is -1.16. The average Bonchev–Trinajstić information content (AvgIpc) is 2.36. The molecule has 0 unspecified atom stereocenters. The van der Waals surface area contributed by atoms with Crippen molar-refractivity contribution >= 4 is 5.95 Å². The van der Waals surface area contributed by atoms with Crippen molar-refractivity contribution in [3.05, 3.63) is 18.0 Å². The van der Waals surface area contributed by atoms with Crippen molar-refractivity contribution in [2.24, 2.45) is 5.92 Å². The fourth-order valence-corrected chi connectivity index (χ4v) is 2.26. The summed E-state index contributed by atoms with van der Waals surface area (Å²) >= 11 is 0. The van der Waals surface area contributed by atoms with E-state index in [0.717, 1.165) is 37.1 Å². The molecule has 0 aliphatic heterocycles. The van der Waals surface area contributed by atoms with Gasteiger partial charge in [-0.15, -0.1) is 0 Å². The summed E-state index contributed by atoms with van der Waals surface area (Å²) in [5.74, 6) is 1.73. The van der Waals surface area contributed by atoms with Gasteiger partial charge in [-0.2, -0.15) is 0 Å². The Morgan fingerprint density at radius 2 is 2.00 bits per heavy atom. The Kier molecular flexibility index (Phi) is 5.14. The molecule has 0 saturated heterocycles. The van der Waals surface area contributed by atoms with Crippen LogP contribution in [0.5, 0.6) is 0 Å². The van der Waals surface area contributed by atoms with Crippen molar-refractivity contribution < 1.29 is 0 Å². The topological polar surface area (TPSA) is 41.1 Å². The van der Waals surface area contributed by atoms with Gasteiger partial charge in [-0.25, -0.2) is 9.97 Å². The molecular weight excluding hydrogens is 236 g/mol. The third kappa shape index (κ3) is 4.16. The van der Waals surface area contributed by atoms with E-state index in [4.69, 9.17) is 0 Å². The zero-order valence-corrected chi connectivity index (χ0v) is 12.4. The first-order chi connectivity index (χ1) is 9.19. The van der Waals surface area contributed by atoms with Crippen molar-refractivity contribution in [2.75, 3.05) is 18.0 Å². The summed E-state index contributed by atoms with van der Waals surface area (Å²) in [6.45, 7) is 9.41. The van der Waals surface area contributed by atoms with Gasteiger partial charge >= 0.3 is 0 Å². The normalized spacial score (nSPS) is 15.6. The Morgan fingerprint density at radius 3 is 2.47 bits per heavy atom. The highest BCUT2D eigenvalue weighted by Crippen LogP contribution is 2.27. The Balaban J connectivity index is 1.91. The van der Waals surface area contributed by atoms with E-state index in [-0.39, 0.29) is 0 Å². The van der Waals surface area contributed by atoms with E-state index >= 15 is 0 Å². The Morgan fingerprint density at radius 1 is 1.32 bits per heavy atom. The maximum absolute atomic E-state index is 4.51. The fraction of sp³-hybridized carbons (Fsp3) is 0.733. The Bertz CT molecular complexity index is 370. The van der Waals surface area contributed by atoms with Gasteiger partial charge in [0.15, 0.2) is 0 Å². The lowest BCUT2D eigenvalue weighted by Crippen LogP contribution is -2.33. The number of nitrogens with zero attached hydrogens (tertiary/aromatic N) is 3. The lowest BCUT2D eigenvalue weighted by Gasteiger charge is -2.31. The first-order valence-electron chi connectivity index (χ1n) is 7.48. The van der Waals surface area contributed by atoms with Crippen molar-refractivity contribution in [1.29, 1.82) is 0 Å². The summed E-state index contributed by atoms with van der Waals surface area (Å²) in [6.07, 6.45) is 8.02. The molecule has 1 aromatic heterocycles. The van der Waals surface area contributed by atoms with Crippen LogP contribution in [0.15, 0.2) is 12.4 Å². The zero-order chi connectivity index (χ0) is 13.7. The van der Waals surface area contributed by atoms with Crippen LogP contribution in [0.4, 0.5) is 5.95 Å². The molecule has 1 aromatic rings. The molecule has 4 nitrogen and oxygen atoms in total. The SMILES string of the molecule is CCN(CC1CCC1)c1ncc(CNC(C)C)cn1. The molecule has 0 radical (unpaired) electrons. The molecular formula is C15H26N4. The standard InChI is InChI=1S/C15H26N4/c1-4-19(11-13-6-5-7-13)15-17-9-14(10-18-15)8-16-12(2)3/h9-10,12-13,16H,4-8,11H2,1-3H3. The minimum Gasteiger partial charge on any atom is -0.341 e. The monoisotopic (exact) mass is 262 g/mol. The van der Waals surface area contributed by atoms with Gasteiger partial charge in [0.05, 0.1) is 0 Å². The minimum absolute atomic E-state index is 0.491. The number of hydrogen-bond donors (Lipinski definition) is 1. The molecule has 4 heteroatoms. The van der Waals surface area contributed by atoms with E-state index in [1.165, 1.54) is 19.3 Å². The molecule has 1 saturated carbocycles. The molecule has 0 spiro atoms. The van der Waals surface area contributed by atoms with Crippen LogP contribution in [-0.2, 0) is 6.54 Å². The maximum atomic E-state index is 4.51. The predicted octanol–water partition coefficient (Wildman–Crippen LogP) is 2.60. The molecule has 0 amide bonds. The van der Waals surface area contributed by atoms with Gasteiger partial charge in [-0.3, -0.25) is 0 Å². The number of anilines is 1. The second-order valence-corrected chi connectivity index (χ2v) is 5.76. The zero-order valence-electron chi connectivity index (χ0n) is 12.4. The minimum atomic E-state index is 0.491. The van der Waals surface area contributed by atoms with Crippen LogP contribution in [0.2, 0.25) is 0 Å². The van der Waals surface area contributed by atoms with Crippen LogP contribution in [0.25, 0.3) is 0 Å². The number of rotatable bonds is 7. The molecule has 1 aliphatic carbocycles. The third-order valence-corrected chi connectivity index (χ3v) is 3.77. The van der Waals surface area contributed by atoms with Gasteiger partial charge in [0.25, 0.3) is 0 Å². The molecule has 1 fully saturated rings. The quantitative estimate of drug-likeness (QED) is 0.820. The molecule has 0 aromatic carbocycles. The third-order valence-electron chi connectivity index (χ3n) is 3.77. The lowest BCUT2D eigenvalue weighted by atomic mass is 9.85. The molecule has 2 rings (SSSR count). The van der Waals surface area contributed by atoms with E-state index < -0.39 is 0 Å². The molecule has 1 aliphatic rings. The first-order valence-corrected chi connectivity index (χ1v) is 7.48. The van der Waals surface area contributed by atoms with Crippen LogP contribution in [0.1, 0.15) is 45.6 Å². The summed E-state index contributed by atoms with van der Waals surface area (Å²) in [7, 11) is 0. The van der Waals surface area contributed by atoms with Crippen LogP contribution in [0.3, 0.4) is 0 Å². The summed E-state index contributed by atoms with van der Waals surface area (Å²) in [5.41, 5.74) is 1.15. The van der Waals surface area contributed by atoms with E-state index in [0.29, 0.717) is 6.04 Å². The highest BCUT2D eigenvalue weighted by Gasteiger charge is 2.21. The van der Waals surface area contributed by atoms with E-state index in [1.807, 2.05) is 12.4 Å². The molecule has 1 N–H and O–H groups in total. The largest absolute Gasteiger partial charge is 0.341 e. The van der Waals surface area contributed by atoms with Gasteiger partial charge in [-0.05, 0) is 25.7 Å². The Labute approximate surface area is 116 Å². The van der Waals surface area contributed by atoms with E-state index in [1.54, 1.807) is 0 Å². The number of aromatic nitrogens is 2. The van der Waals surface area contributed by atoms with Crippen LogP contribution in [0, 0.1) is 5.92 Å². The van der Waals surface area contributed by atoms with Crippen molar-refractivity contribution in [1.82, 2.24) is 15.3 Å². The summed E-state index contributed by atoms with van der Waals surface area (Å²) in [5, 5.41) is 3.38. The van der Waals surface area contributed by atoms with Gasteiger partial charge in [0.2, 0.25) is 5.95 Å². The summed E-state index contributed by atoms with van der Waals surface area (Å²) < 4.78 is 0. The van der Waals surface area contributed by atoms with Crippen LogP contribution < -0.4 is 10.2 Å². The van der Waals surface area contributed by atoms with Gasteiger partial charge in [-0.1, -0.05) is 20.3 Å². The number of nitrogens with one attached hydrogen (secondary N) is 1. The van der Waals surface area contributed by atoms with E-state index in [9.17, 15) is 0 Å². The van der Waals surface area contributed by atoms with Crippen molar-refractivity contribution in [3.8, 4) is 0 Å². The predicted molar refractivity (Wildman–Crippen MR) is 79.2 cm³/mol. The highest BCUT2D eigenvalue weighted by atomic mass is 15.2.